The van der Waals surface area contributed by atoms with Gasteiger partial charge in [-0.05, 0) is 42.0 Å². The van der Waals surface area contributed by atoms with Gasteiger partial charge in [0.2, 0.25) is 0 Å². The second kappa shape index (κ2) is 13.0. The molecule has 0 spiro atoms. The minimum absolute atomic E-state index is 0.187. The maximum absolute atomic E-state index is 13.2. The van der Waals surface area contributed by atoms with E-state index in [0.717, 1.165) is 34.2 Å². The predicted octanol–water partition coefficient (Wildman–Crippen LogP) is 7.24. The molecule has 3 heterocycles. The molecular formula is C31H26ClF3N6OS2. The molecule has 1 aliphatic heterocycles. The molecule has 1 amide bonds. The molecular weight excluding hydrogens is 629 g/mol. The number of hydrogen-bond acceptors (Lipinski definition) is 7. The molecule has 3 aromatic carbocycles. The molecule has 1 aliphatic rings. The Kier molecular flexibility index (Phi) is 8.92. The average Bonchev–Trinajstić information content (AvgIpc) is 3.67. The Morgan fingerprint density at radius 3 is 2.41 bits per heavy atom. The van der Waals surface area contributed by atoms with Crippen LogP contribution >= 0.6 is 34.7 Å². The van der Waals surface area contributed by atoms with Crippen LogP contribution in [0.4, 0.5) is 18.9 Å². The topological polar surface area (TPSA) is 67.2 Å². The van der Waals surface area contributed by atoms with Crippen LogP contribution in [0, 0.1) is 0 Å². The number of amides is 1. The van der Waals surface area contributed by atoms with Crippen molar-refractivity contribution >= 4 is 46.3 Å². The second-order valence-corrected chi connectivity index (χ2v) is 12.4. The molecule has 1 saturated heterocycles. The highest BCUT2D eigenvalue weighted by molar-refractivity contribution is 7.98. The van der Waals surface area contributed by atoms with Crippen molar-refractivity contribution in [2.45, 2.75) is 23.5 Å². The third-order valence-electron chi connectivity index (χ3n) is 7.17. The number of thioether (sulfide) groups is 1. The summed E-state index contributed by atoms with van der Waals surface area (Å²) in [4.78, 5) is 21.4. The zero-order valence-electron chi connectivity index (χ0n) is 23.2. The highest BCUT2D eigenvalue weighted by Crippen LogP contribution is 2.32. The van der Waals surface area contributed by atoms with E-state index in [1.165, 1.54) is 29.2 Å². The molecule has 6 rings (SSSR count). The highest BCUT2D eigenvalue weighted by atomic mass is 35.5. The van der Waals surface area contributed by atoms with Crippen LogP contribution in [0.5, 0.6) is 0 Å². The monoisotopic (exact) mass is 654 g/mol. The summed E-state index contributed by atoms with van der Waals surface area (Å²) in [6.45, 7) is 1.65. The van der Waals surface area contributed by atoms with Gasteiger partial charge in [-0.1, -0.05) is 65.8 Å². The third kappa shape index (κ3) is 6.92. The molecule has 0 aliphatic carbocycles. The molecule has 0 saturated carbocycles. The number of thiazole rings is 1. The summed E-state index contributed by atoms with van der Waals surface area (Å²) in [5.41, 5.74) is 2.14. The summed E-state index contributed by atoms with van der Waals surface area (Å²) < 4.78 is 41.4. The number of nitrogens with zero attached hydrogens (tertiary/aromatic N) is 6. The number of piperazine rings is 1. The van der Waals surface area contributed by atoms with Gasteiger partial charge in [0, 0.05) is 48.7 Å². The van der Waals surface area contributed by atoms with Crippen molar-refractivity contribution in [3.63, 3.8) is 0 Å². The lowest BCUT2D eigenvalue weighted by Gasteiger charge is -2.36. The first kappa shape index (κ1) is 30.2. The minimum atomic E-state index is -4.40. The molecule has 0 unspecified atom stereocenters. The van der Waals surface area contributed by atoms with Gasteiger partial charge >= 0.3 is 6.18 Å². The number of carbonyl (C=O) groups is 1. The molecule has 13 heteroatoms. The molecule has 0 bridgehead atoms. The van der Waals surface area contributed by atoms with Crippen molar-refractivity contribution in [1.82, 2.24) is 24.6 Å². The Morgan fingerprint density at radius 1 is 0.909 bits per heavy atom. The van der Waals surface area contributed by atoms with Gasteiger partial charge in [-0.2, -0.15) is 13.2 Å². The van der Waals surface area contributed by atoms with Crippen molar-refractivity contribution in [3.05, 3.63) is 117 Å². The zero-order valence-corrected chi connectivity index (χ0v) is 25.6. The zero-order chi connectivity index (χ0) is 30.7. The number of alkyl halides is 3. The van der Waals surface area contributed by atoms with E-state index in [1.807, 2.05) is 64.1 Å². The van der Waals surface area contributed by atoms with Crippen LogP contribution in [0.2, 0.25) is 5.02 Å². The van der Waals surface area contributed by atoms with Gasteiger partial charge in [0.25, 0.3) is 5.91 Å². The van der Waals surface area contributed by atoms with Crippen molar-refractivity contribution in [2.75, 3.05) is 31.1 Å². The van der Waals surface area contributed by atoms with E-state index in [0.29, 0.717) is 59.9 Å². The fourth-order valence-corrected chi connectivity index (χ4v) is 6.91. The van der Waals surface area contributed by atoms with E-state index in [-0.39, 0.29) is 5.91 Å². The lowest BCUT2D eigenvalue weighted by atomic mass is 10.1. The van der Waals surface area contributed by atoms with Crippen molar-refractivity contribution in [1.29, 1.82) is 0 Å². The smallest absolute Gasteiger partial charge is 0.368 e. The molecule has 0 N–H and O–H groups in total. The van der Waals surface area contributed by atoms with Gasteiger partial charge in [0.15, 0.2) is 5.16 Å². The number of hydrogen-bond donors (Lipinski definition) is 0. The average molecular weight is 655 g/mol. The van der Waals surface area contributed by atoms with E-state index in [1.54, 1.807) is 16.3 Å². The maximum atomic E-state index is 13.2. The van der Waals surface area contributed by atoms with Gasteiger partial charge < -0.3 is 9.80 Å². The van der Waals surface area contributed by atoms with E-state index in [4.69, 9.17) is 11.6 Å². The third-order valence-corrected chi connectivity index (χ3v) is 9.38. The summed E-state index contributed by atoms with van der Waals surface area (Å²) in [6.07, 6.45) is -3.80. The van der Waals surface area contributed by atoms with Crippen LogP contribution < -0.4 is 4.90 Å². The van der Waals surface area contributed by atoms with Crippen LogP contribution in [0.15, 0.2) is 89.4 Å². The lowest BCUT2D eigenvalue weighted by Crippen LogP contribution is -2.49. The summed E-state index contributed by atoms with van der Waals surface area (Å²) in [7, 11) is 0. The van der Waals surface area contributed by atoms with Gasteiger partial charge in [0.05, 0.1) is 17.0 Å². The summed E-state index contributed by atoms with van der Waals surface area (Å²) in [5.74, 6) is 1.08. The molecule has 44 heavy (non-hydrogen) atoms. The Bertz CT molecular complexity index is 1750. The molecule has 1 fully saturated rings. The Hall–Kier alpha value is -3.87. The first-order valence-corrected chi connectivity index (χ1v) is 16.0. The lowest BCUT2D eigenvalue weighted by molar-refractivity contribution is -0.137. The van der Waals surface area contributed by atoms with Crippen LogP contribution in [-0.2, 0) is 18.3 Å². The SMILES string of the molecule is O=C(c1csc(CSc2nnc(Cc3ccccc3)n2-c2cccc(Cl)c2)n1)N1CCN(c2cccc(C(F)(F)F)c2)CC1. The summed E-state index contributed by atoms with van der Waals surface area (Å²) in [5, 5.41) is 12.8. The minimum Gasteiger partial charge on any atom is -0.368 e. The number of halogens is 4. The number of aromatic nitrogens is 4. The van der Waals surface area contributed by atoms with Crippen LogP contribution in [0.3, 0.4) is 0 Å². The maximum Gasteiger partial charge on any atom is 0.416 e. The fourth-order valence-electron chi connectivity index (χ4n) is 4.97. The van der Waals surface area contributed by atoms with Crippen LogP contribution in [0.1, 0.15) is 32.4 Å². The number of rotatable bonds is 8. The quantitative estimate of drug-likeness (QED) is 0.164. The number of carbonyl (C=O) groups excluding carboxylic acids is 1. The first-order chi connectivity index (χ1) is 21.2. The van der Waals surface area contributed by atoms with Crippen LogP contribution in [0.25, 0.3) is 5.69 Å². The van der Waals surface area contributed by atoms with E-state index in [2.05, 4.69) is 15.2 Å². The molecule has 0 radical (unpaired) electrons. The largest absolute Gasteiger partial charge is 0.416 e. The van der Waals surface area contributed by atoms with Crippen LogP contribution in [-0.4, -0.2) is 56.7 Å². The number of anilines is 1. The molecule has 0 atom stereocenters. The Morgan fingerprint density at radius 2 is 1.66 bits per heavy atom. The standard InChI is InChI=1S/C31H26ClF3N6OS2/c32-23-9-5-11-25(18-23)41-27(16-21-6-2-1-3-7-21)37-38-30(41)44-20-28-36-26(19-43-28)29(42)40-14-12-39(13-15-40)24-10-4-8-22(17-24)31(33,34)35/h1-11,17-19H,12-16,20H2. The van der Waals surface area contributed by atoms with Crippen molar-refractivity contribution < 1.29 is 18.0 Å². The van der Waals surface area contributed by atoms with Crippen molar-refractivity contribution in [3.8, 4) is 5.69 Å². The predicted molar refractivity (Wildman–Crippen MR) is 167 cm³/mol. The van der Waals surface area contributed by atoms with Gasteiger partial charge in [-0.25, -0.2) is 4.98 Å². The van der Waals surface area contributed by atoms with Gasteiger partial charge in [-0.3, -0.25) is 9.36 Å². The van der Waals surface area contributed by atoms with Crippen molar-refractivity contribution in [2.24, 2.45) is 0 Å². The van der Waals surface area contributed by atoms with E-state index < -0.39 is 11.7 Å². The second-order valence-electron chi connectivity index (χ2n) is 10.1. The van der Waals surface area contributed by atoms with E-state index >= 15 is 0 Å². The molecule has 7 nitrogen and oxygen atoms in total. The Labute approximate surface area is 265 Å². The first-order valence-electron chi connectivity index (χ1n) is 13.8. The highest BCUT2D eigenvalue weighted by Gasteiger charge is 2.31. The molecule has 5 aromatic rings. The molecule has 226 valence electrons. The molecule has 2 aromatic heterocycles. The van der Waals surface area contributed by atoms with E-state index in [9.17, 15) is 18.0 Å². The summed E-state index contributed by atoms with van der Waals surface area (Å²) >= 11 is 9.19. The van der Waals surface area contributed by atoms with Gasteiger partial charge in [0.1, 0.15) is 16.5 Å². The number of benzene rings is 3. The summed E-state index contributed by atoms with van der Waals surface area (Å²) in [6, 6.07) is 22.9. The fraction of sp³-hybridized carbons (Fsp3) is 0.226. The Balaban J connectivity index is 1.11. The normalized spacial score (nSPS) is 13.8. The van der Waals surface area contributed by atoms with Gasteiger partial charge in [-0.15, -0.1) is 21.5 Å².